The van der Waals surface area contributed by atoms with E-state index in [1.54, 1.807) is 18.5 Å². The Balaban J connectivity index is 1.79. The minimum absolute atomic E-state index is 0.128. The Labute approximate surface area is 114 Å². The first kappa shape index (κ1) is 12.2. The topological polar surface area (TPSA) is 108 Å². The van der Waals surface area contributed by atoms with E-state index >= 15 is 0 Å². The van der Waals surface area contributed by atoms with Crippen LogP contribution in [0.2, 0.25) is 0 Å². The molecule has 0 aromatic carbocycles. The molecule has 0 bridgehead atoms. The molecule has 0 amide bonds. The highest BCUT2D eigenvalue weighted by molar-refractivity contribution is 5.35. The molecule has 3 aromatic rings. The summed E-state index contributed by atoms with van der Waals surface area (Å²) in [6, 6.07) is 5.56. The van der Waals surface area contributed by atoms with E-state index in [2.05, 4.69) is 25.4 Å². The van der Waals surface area contributed by atoms with E-state index in [0.29, 0.717) is 18.4 Å². The molecule has 0 saturated carbocycles. The van der Waals surface area contributed by atoms with Crippen LogP contribution in [-0.4, -0.2) is 24.7 Å². The molecular formula is C12H13N7O. The van der Waals surface area contributed by atoms with Crippen molar-refractivity contribution >= 4 is 11.9 Å². The van der Waals surface area contributed by atoms with Crippen LogP contribution >= 0.6 is 0 Å². The van der Waals surface area contributed by atoms with Gasteiger partial charge in [-0.05, 0) is 25.1 Å². The second-order valence-corrected chi connectivity index (χ2v) is 4.13. The van der Waals surface area contributed by atoms with Gasteiger partial charge in [-0.25, -0.2) is 4.68 Å². The van der Waals surface area contributed by atoms with Crippen molar-refractivity contribution in [3.63, 3.8) is 0 Å². The van der Waals surface area contributed by atoms with Gasteiger partial charge in [-0.1, -0.05) is 0 Å². The van der Waals surface area contributed by atoms with Crippen LogP contribution in [0.5, 0.6) is 0 Å². The van der Waals surface area contributed by atoms with E-state index in [0.717, 1.165) is 11.5 Å². The van der Waals surface area contributed by atoms with E-state index in [-0.39, 0.29) is 5.95 Å². The minimum Gasteiger partial charge on any atom is -0.465 e. The largest absolute Gasteiger partial charge is 0.465 e. The predicted octanol–water partition coefficient (Wildman–Crippen LogP) is 1.15. The van der Waals surface area contributed by atoms with Gasteiger partial charge in [-0.3, -0.25) is 0 Å². The summed E-state index contributed by atoms with van der Waals surface area (Å²) in [6.07, 6.45) is 3.37. The van der Waals surface area contributed by atoms with Crippen LogP contribution in [0.3, 0.4) is 0 Å². The van der Waals surface area contributed by atoms with Crippen molar-refractivity contribution in [3.8, 4) is 5.95 Å². The third-order valence-corrected chi connectivity index (χ3v) is 2.57. The number of hydrogen-bond donors (Lipinski definition) is 2. The lowest BCUT2D eigenvalue weighted by Gasteiger charge is -2.05. The zero-order chi connectivity index (χ0) is 13.9. The zero-order valence-corrected chi connectivity index (χ0v) is 10.8. The number of furan rings is 1. The number of rotatable bonds is 4. The van der Waals surface area contributed by atoms with Crippen LogP contribution in [0, 0.1) is 6.92 Å². The summed E-state index contributed by atoms with van der Waals surface area (Å²) >= 11 is 0. The summed E-state index contributed by atoms with van der Waals surface area (Å²) in [4.78, 5) is 12.3. The standard InChI is InChI=1S/C12H13N7O/c1-8-3-4-9(20-8)7-14-11-16-10(13)17-12(18-11)19-6-2-5-15-19/h2-6H,7H2,1H3,(H3,13,14,16,17,18). The Morgan fingerprint density at radius 1 is 1.30 bits per heavy atom. The van der Waals surface area contributed by atoms with Crippen molar-refractivity contribution in [3.05, 3.63) is 42.1 Å². The fourth-order valence-corrected chi connectivity index (χ4v) is 1.70. The van der Waals surface area contributed by atoms with Gasteiger partial charge in [0.1, 0.15) is 11.5 Å². The third kappa shape index (κ3) is 2.58. The average molecular weight is 271 g/mol. The molecule has 20 heavy (non-hydrogen) atoms. The van der Waals surface area contributed by atoms with Crippen LogP contribution in [-0.2, 0) is 6.54 Å². The third-order valence-electron chi connectivity index (χ3n) is 2.57. The molecule has 102 valence electrons. The van der Waals surface area contributed by atoms with Gasteiger partial charge in [0.15, 0.2) is 0 Å². The van der Waals surface area contributed by atoms with Crippen molar-refractivity contribution in [1.29, 1.82) is 0 Å². The number of nitrogens with one attached hydrogen (secondary N) is 1. The highest BCUT2D eigenvalue weighted by atomic mass is 16.3. The molecule has 0 radical (unpaired) electrons. The molecule has 0 unspecified atom stereocenters. The monoisotopic (exact) mass is 271 g/mol. The summed E-state index contributed by atoms with van der Waals surface area (Å²) in [5.74, 6) is 2.51. The van der Waals surface area contributed by atoms with Crippen LogP contribution in [0.15, 0.2) is 35.0 Å². The lowest BCUT2D eigenvalue weighted by atomic mass is 10.4. The molecule has 0 atom stereocenters. The number of nitrogen functional groups attached to an aromatic ring is 1. The van der Waals surface area contributed by atoms with E-state index < -0.39 is 0 Å². The first-order valence-corrected chi connectivity index (χ1v) is 6.01. The highest BCUT2D eigenvalue weighted by Gasteiger charge is 2.07. The van der Waals surface area contributed by atoms with E-state index in [4.69, 9.17) is 10.2 Å². The number of hydrogen-bond acceptors (Lipinski definition) is 7. The van der Waals surface area contributed by atoms with Crippen LogP contribution < -0.4 is 11.1 Å². The predicted molar refractivity (Wildman–Crippen MR) is 72.1 cm³/mol. The van der Waals surface area contributed by atoms with Gasteiger partial charge >= 0.3 is 0 Å². The van der Waals surface area contributed by atoms with Crippen molar-refractivity contribution in [1.82, 2.24) is 24.7 Å². The van der Waals surface area contributed by atoms with Gasteiger partial charge < -0.3 is 15.5 Å². The molecule has 8 nitrogen and oxygen atoms in total. The zero-order valence-electron chi connectivity index (χ0n) is 10.8. The van der Waals surface area contributed by atoms with Gasteiger partial charge in [0, 0.05) is 12.4 Å². The SMILES string of the molecule is Cc1ccc(CNc2nc(N)nc(-n3cccn3)n2)o1. The Bertz CT molecular complexity index is 704. The second-order valence-electron chi connectivity index (χ2n) is 4.13. The normalized spacial score (nSPS) is 10.7. The molecule has 8 heteroatoms. The average Bonchev–Trinajstić information content (AvgIpc) is 3.07. The molecule has 3 heterocycles. The maximum absolute atomic E-state index is 5.67. The Hall–Kier alpha value is -2.90. The van der Waals surface area contributed by atoms with Crippen LogP contribution in [0.25, 0.3) is 5.95 Å². The number of aromatic nitrogens is 5. The minimum atomic E-state index is 0.128. The Morgan fingerprint density at radius 2 is 2.20 bits per heavy atom. The van der Waals surface area contributed by atoms with Gasteiger partial charge in [0.2, 0.25) is 11.9 Å². The molecule has 0 spiro atoms. The van der Waals surface area contributed by atoms with Gasteiger partial charge in [0.05, 0.1) is 6.54 Å². The summed E-state index contributed by atoms with van der Waals surface area (Å²) in [7, 11) is 0. The van der Waals surface area contributed by atoms with Gasteiger partial charge in [0.25, 0.3) is 5.95 Å². The lowest BCUT2D eigenvalue weighted by Crippen LogP contribution is -2.11. The maximum Gasteiger partial charge on any atom is 0.257 e. The molecular weight excluding hydrogens is 258 g/mol. The van der Waals surface area contributed by atoms with Gasteiger partial charge in [-0.15, -0.1) is 0 Å². The Morgan fingerprint density at radius 3 is 2.90 bits per heavy atom. The highest BCUT2D eigenvalue weighted by Crippen LogP contribution is 2.10. The van der Waals surface area contributed by atoms with E-state index in [1.807, 2.05) is 19.1 Å². The quantitative estimate of drug-likeness (QED) is 0.732. The molecule has 0 aliphatic rings. The molecule has 3 N–H and O–H groups in total. The number of aryl methyl sites for hydroxylation is 1. The smallest absolute Gasteiger partial charge is 0.257 e. The second kappa shape index (κ2) is 5.00. The maximum atomic E-state index is 5.67. The van der Waals surface area contributed by atoms with Crippen LogP contribution in [0.4, 0.5) is 11.9 Å². The van der Waals surface area contributed by atoms with Crippen LogP contribution in [0.1, 0.15) is 11.5 Å². The van der Waals surface area contributed by atoms with Crippen molar-refractivity contribution in [2.75, 3.05) is 11.1 Å². The van der Waals surface area contributed by atoms with E-state index in [9.17, 15) is 0 Å². The summed E-state index contributed by atoms with van der Waals surface area (Å²) < 4.78 is 6.97. The molecule has 0 aliphatic carbocycles. The number of anilines is 2. The summed E-state index contributed by atoms with van der Waals surface area (Å²) in [6.45, 7) is 2.36. The van der Waals surface area contributed by atoms with Gasteiger partial charge in [-0.2, -0.15) is 20.1 Å². The molecule has 0 saturated heterocycles. The number of nitrogens with two attached hydrogens (primary N) is 1. The fraction of sp³-hybridized carbons (Fsp3) is 0.167. The number of nitrogens with zero attached hydrogens (tertiary/aromatic N) is 5. The summed E-state index contributed by atoms with van der Waals surface area (Å²) in [5.41, 5.74) is 5.67. The van der Waals surface area contributed by atoms with Crippen molar-refractivity contribution in [2.24, 2.45) is 0 Å². The molecule has 0 fully saturated rings. The Kier molecular flexibility index (Phi) is 3.04. The first-order valence-electron chi connectivity index (χ1n) is 6.01. The molecule has 0 aliphatic heterocycles. The summed E-state index contributed by atoms with van der Waals surface area (Å²) in [5, 5.41) is 7.09. The fourth-order valence-electron chi connectivity index (χ4n) is 1.70. The molecule has 3 aromatic heterocycles. The van der Waals surface area contributed by atoms with E-state index in [1.165, 1.54) is 4.68 Å². The first-order chi connectivity index (χ1) is 9.70. The van der Waals surface area contributed by atoms with Crippen molar-refractivity contribution in [2.45, 2.75) is 13.5 Å². The lowest BCUT2D eigenvalue weighted by molar-refractivity contribution is 0.490. The van der Waals surface area contributed by atoms with Crippen molar-refractivity contribution < 1.29 is 4.42 Å². The molecule has 3 rings (SSSR count).